The molecule has 0 saturated heterocycles. The van der Waals surface area contributed by atoms with E-state index in [-0.39, 0.29) is 11.9 Å². The van der Waals surface area contributed by atoms with Crippen LogP contribution in [0.1, 0.15) is 42.2 Å². The molecule has 5 heteroatoms. The van der Waals surface area contributed by atoms with Crippen LogP contribution < -0.4 is 14.8 Å². The van der Waals surface area contributed by atoms with Crippen LogP contribution in [0.15, 0.2) is 42.5 Å². The van der Waals surface area contributed by atoms with Crippen LogP contribution in [0.25, 0.3) is 0 Å². The van der Waals surface area contributed by atoms with Gasteiger partial charge in [-0.2, -0.15) is 0 Å². The van der Waals surface area contributed by atoms with Crippen molar-refractivity contribution in [3.63, 3.8) is 0 Å². The van der Waals surface area contributed by atoms with Gasteiger partial charge in [-0.05, 0) is 48.2 Å². The molecule has 0 bridgehead atoms. The molecule has 134 valence electrons. The molecule has 0 aliphatic carbocycles. The Hall–Kier alpha value is -2.20. The summed E-state index contributed by atoms with van der Waals surface area (Å²) in [7, 11) is 3.18. The molecule has 1 atom stereocenters. The van der Waals surface area contributed by atoms with E-state index in [1.807, 2.05) is 24.3 Å². The van der Waals surface area contributed by atoms with E-state index in [4.69, 9.17) is 21.1 Å². The maximum atomic E-state index is 12.6. The summed E-state index contributed by atoms with van der Waals surface area (Å²) in [6.45, 7) is 4.26. The van der Waals surface area contributed by atoms with Crippen LogP contribution in [0.2, 0.25) is 5.02 Å². The average Bonchev–Trinajstić information content (AvgIpc) is 2.60. The number of hydrogen-bond donors (Lipinski definition) is 1. The van der Waals surface area contributed by atoms with Gasteiger partial charge in [0.05, 0.1) is 25.3 Å². The van der Waals surface area contributed by atoms with E-state index < -0.39 is 0 Å². The number of rotatable bonds is 7. The minimum absolute atomic E-state index is 0.0840. The summed E-state index contributed by atoms with van der Waals surface area (Å²) >= 11 is 6.13. The first-order valence-electron chi connectivity index (χ1n) is 8.23. The molecular formula is C20H24ClNO3. The molecule has 0 unspecified atom stereocenters. The predicted octanol–water partition coefficient (Wildman–Crippen LogP) is 4.87. The quantitative estimate of drug-likeness (QED) is 0.765. The highest BCUT2D eigenvalue weighted by Gasteiger charge is 2.18. The number of amides is 1. The molecule has 0 spiro atoms. The standard InChI is InChI=1S/C20H24ClNO3/c1-13(2)11-18(14-5-8-16(24-3)9-6-14)22-20(23)15-7-10-19(25-4)17(21)12-15/h5-10,12-13,18H,11H2,1-4H3,(H,22,23)/t18-/m1/s1. The highest BCUT2D eigenvalue weighted by molar-refractivity contribution is 6.32. The van der Waals surface area contributed by atoms with Crippen molar-refractivity contribution in [1.82, 2.24) is 5.32 Å². The van der Waals surface area contributed by atoms with Gasteiger partial charge in [-0.1, -0.05) is 37.6 Å². The van der Waals surface area contributed by atoms with E-state index in [0.29, 0.717) is 22.3 Å². The number of benzene rings is 2. The van der Waals surface area contributed by atoms with Crippen molar-refractivity contribution in [1.29, 1.82) is 0 Å². The highest BCUT2D eigenvalue weighted by Crippen LogP contribution is 2.27. The second-order valence-electron chi connectivity index (χ2n) is 6.28. The summed E-state index contributed by atoms with van der Waals surface area (Å²) < 4.78 is 10.3. The molecule has 0 fully saturated rings. The summed E-state index contributed by atoms with van der Waals surface area (Å²) in [5.41, 5.74) is 1.55. The number of nitrogens with one attached hydrogen (secondary N) is 1. The number of hydrogen-bond acceptors (Lipinski definition) is 3. The molecule has 0 aromatic heterocycles. The van der Waals surface area contributed by atoms with E-state index >= 15 is 0 Å². The van der Waals surface area contributed by atoms with Gasteiger partial charge in [0.2, 0.25) is 0 Å². The third kappa shape index (κ3) is 5.13. The molecule has 1 N–H and O–H groups in total. The largest absolute Gasteiger partial charge is 0.497 e. The minimum atomic E-state index is -0.161. The molecular weight excluding hydrogens is 338 g/mol. The third-order valence-corrected chi connectivity index (χ3v) is 4.24. The molecule has 2 aromatic rings. The fourth-order valence-electron chi connectivity index (χ4n) is 2.64. The maximum absolute atomic E-state index is 12.6. The van der Waals surface area contributed by atoms with E-state index in [2.05, 4.69) is 19.2 Å². The normalized spacial score (nSPS) is 11.9. The van der Waals surface area contributed by atoms with Crippen LogP contribution in [-0.2, 0) is 0 Å². The van der Waals surface area contributed by atoms with Gasteiger partial charge in [-0.25, -0.2) is 0 Å². The van der Waals surface area contributed by atoms with E-state index in [1.54, 1.807) is 32.4 Å². The molecule has 0 radical (unpaired) electrons. The topological polar surface area (TPSA) is 47.6 Å². The van der Waals surface area contributed by atoms with E-state index in [0.717, 1.165) is 17.7 Å². The SMILES string of the molecule is COc1ccc([C@@H](CC(C)C)NC(=O)c2ccc(OC)c(Cl)c2)cc1. The van der Waals surface area contributed by atoms with Gasteiger partial charge in [0.15, 0.2) is 0 Å². The first-order valence-corrected chi connectivity index (χ1v) is 8.60. The molecule has 4 nitrogen and oxygen atoms in total. The summed E-state index contributed by atoms with van der Waals surface area (Å²) in [5.74, 6) is 1.62. The molecule has 25 heavy (non-hydrogen) atoms. The van der Waals surface area contributed by atoms with Crippen molar-refractivity contribution < 1.29 is 14.3 Å². The smallest absolute Gasteiger partial charge is 0.251 e. The summed E-state index contributed by atoms with van der Waals surface area (Å²) in [4.78, 5) is 12.6. The Balaban J connectivity index is 2.20. The number of ether oxygens (including phenoxy) is 2. The maximum Gasteiger partial charge on any atom is 0.251 e. The first-order chi connectivity index (χ1) is 11.9. The Morgan fingerprint density at radius 3 is 2.28 bits per heavy atom. The zero-order chi connectivity index (χ0) is 18.4. The lowest BCUT2D eigenvalue weighted by molar-refractivity contribution is 0.0932. The van der Waals surface area contributed by atoms with Crippen LogP contribution in [0.3, 0.4) is 0 Å². The van der Waals surface area contributed by atoms with Gasteiger partial charge in [-0.3, -0.25) is 4.79 Å². The van der Waals surface area contributed by atoms with Crippen molar-refractivity contribution in [2.75, 3.05) is 14.2 Å². The molecule has 1 amide bonds. The van der Waals surface area contributed by atoms with Gasteiger partial charge < -0.3 is 14.8 Å². The first kappa shape index (κ1) is 19.1. The predicted molar refractivity (Wildman–Crippen MR) is 101 cm³/mol. The lowest BCUT2D eigenvalue weighted by atomic mass is 9.96. The number of halogens is 1. The lowest BCUT2D eigenvalue weighted by Crippen LogP contribution is -2.29. The van der Waals surface area contributed by atoms with Crippen LogP contribution in [0, 0.1) is 5.92 Å². The van der Waals surface area contributed by atoms with Gasteiger partial charge in [0, 0.05) is 5.56 Å². The van der Waals surface area contributed by atoms with Crippen molar-refractivity contribution in [3.8, 4) is 11.5 Å². The van der Waals surface area contributed by atoms with Crippen molar-refractivity contribution in [2.45, 2.75) is 26.3 Å². The molecule has 2 rings (SSSR count). The molecule has 0 aliphatic rings. The van der Waals surface area contributed by atoms with E-state index in [9.17, 15) is 4.79 Å². The van der Waals surface area contributed by atoms with Crippen LogP contribution in [0.4, 0.5) is 0 Å². The second kappa shape index (κ2) is 8.77. The fraction of sp³-hybridized carbons (Fsp3) is 0.350. The lowest BCUT2D eigenvalue weighted by Gasteiger charge is -2.21. The molecule has 0 saturated carbocycles. The van der Waals surface area contributed by atoms with Crippen molar-refractivity contribution >= 4 is 17.5 Å². The Bertz CT molecular complexity index is 713. The number of carbonyl (C=O) groups is 1. The molecule has 0 heterocycles. The summed E-state index contributed by atoms with van der Waals surface area (Å²) in [5, 5.41) is 3.52. The van der Waals surface area contributed by atoms with E-state index in [1.165, 1.54) is 0 Å². The zero-order valence-corrected chi connectivity index (χ0v) is 15.8. The highest BCUT2D eigenvalue weighted by atomic mass is 35.5. The summed E-state index contributed by atoms with van der Waals surface area (Å²) in [6.07, 6.45) is 0.835. The van der Waals surface area contributed by atoms with Gasteiger partial charge in [-0.15, -0.1) is 0 Å². The Kier molecular flexibility index (Phi) is 6.71. The zero-order valence-electron chi connectivity index (χ0n) is 15.0. The summed E-state index contributed by atoms with van der Waals surface area (Å²) in [6, 6.07) is 12.7. The van der Waals surface area contributed by atoms with Crippen LogP contribution >= 0.6 is 11.6 Å². The fourth-order valence-corrected chi connectivity index (χ4v) is 2.89. The second-order valence-corrected chi connectivity index (χ2v) is 6.69. The molecule has 2 aromatic carbocycles. The average molecular weight is 362 g/mol. The monoisotopic (exact) mass is 361 g/mol. The van der Waals surface area contributed by atoms with Gasteiger partial charge in [0.25, 0.3) is 5.91 Å². The van der Waals surface area contributed by atoms with Gasteiger partial charge >= 0.3 is 0 Å². The minimum Gasteiger partial charge on any atom is -0.497 e. The Labute approximate surface area is 154 Å². The number of methoxy groups -OCH3 is 2. The van der Waals surface area contributed by atoms with Gasteiger partial charge in [0.1, 0.15) is 11.5 Å². The third-order valence-electron chi connectivity index (χ3n) is 3.94. The van der Waals surface area contributed by atoms with Crippen molar-refractivity contribution in [3.05, 3.63) is 58.6 Å². The number of carbonyl (C=O) groups excluding carboxylic acids is 1. The Morgan fingerprint density at radius 1 is 1.08 bits per heavy atom. The Morgan fingerprint density at radius 2 is 1.76 bits per heavy atom. The molecule has 0 aliphatic heterocycles. The van der Waals surface area contributed by atoms with Crippen LogP contribution in [0.5, 0.6) is 11.5 Å². The van der Waals surface area contributed by atoms with Crippen LogP contribution in [-0.4, -0.2) is 20.1 Å². The van der Waals surface area contributed by atoms with Crippen molar-refractivity contribution in [2.24, 2.45) is 5.92 Å².